The highest BCUT2D eigenvalue weighted by molar-refractivity contribution is 6.31. The van der Waals surface area contributed by atoms with Crippen molar-refractivity contribution in [1.82, 2.24) is 15.0 Å². The van der Waals surface area contributed by atoms with E-state index in [4.69, 9.17) is 17.4 Å². The zero-order chi connectivity index (χ0) is 13.1. The van der Waals surface area contributed by atoms with Crippen molar-refractivity contribution < 1.29 is 4.39 Å². The van der Waals surface area contributed by atoms with Crippen molar-refractivity contribution in [2.24, 2.45) is 12.9 Å². The van der Waals surface area contributed by atoms with Crippen LogP contribution in [0.1, 0.15) is 17.3 Å². The van der Waals surface area contributed by atoms with Gasteiger partial charge in [0.2, 0.25) is 0 Å². The summed E-state index contributed by atoms with van der Waals surface area (Å²) in [6.07, 6.45) is 4.02. The molecule has 2 rings (SSSR count). The van der Waals surface area contributed by atoms with E-state index in [0.717, 1.165) is 5.69 Å². The lowest BCUT2D eigenvalue weighted by Gasteiger charge is -2.14. The van der Waals surface area contributed by atoms with E-state index in [0.29, 0.717) is 17.0 Å². The van der Waals surface area contributed by atoms with Gasteiger partial charge >= 0.3 is 0 Å². The van der Waals surface area contributed by atoms with Crippen LogP contribution in [0.15, 0.2) is 30.7 Å². The van der Waals surface area contributed by atoms with E-state index in [2.05, 4.69) is 10.4 Å². The van der Waals surface area contributed by atoms with Crippen LogP contribution in [0.5, 0.6) is 0 Å². The third-order valence-electron chi connectivity index (χ3n) is 2.71. The van der Waals surface area contributed by atoms with Crippen molar-refractivity contribution in [3.63, 3.8) is 0 Å². The van der Waals surface area contributed by atoms with Gasteiger partial charge in [-0.1, -0.05) is 11.6 Å². The van der Waals surface area contributed by atoms with Crippen LogP contribution in [0.25, 0.3) is 0 Å². The molecule has 1 unspecified atom stereocenters. The normalized spacial score (nSPS) is 12.7. The molecule has 0 fully saturated rings. The molecule has 0 aliphatic carbocycles. The second-order valence-corrected chi connectivity index (χ2v) is 4.53. The Morgan fingerprint density at radius 2 is 2.33 bits per heavy atom. The van der Waals surface area contributed by atoms with Crippen molar-refractivity contribution in [1.29, 1.82) is 0 Å². The average molecular weight is 269 g/mol. The predicted octanol–water partition coefficient (Wildman–Crippen LogP) is 1.96. The number of nitrogens with zero attached hydrogens (tertiary/aromatic N) is 2. The molecule has 96 valence electrons. The summed E-state index contributed by atoms with van der Waals surface area (Å²) in [7, 11) is 1.87. The smallest absolute Gasteiger partial charge is 0.123 e. The molecule has 4 nitrogen and oxygen atoms in total. The first-order valence-electron chi connectivity index (χ1n) is 5.48. The SMILES string of the molecule is Cn1cnc(C(Cc2cc(F)ccc2Cl)NN)c1. The van der Waals surface area contributed by atoms with Gasteiger partial charge in [-0.2, -0.15) is 0 Å². The summed E-state index contributed by atoms with van der Waals surface area (Å²) in [6, 6.07) is 4.08. The van der Waals surface area contributed by atoms with Crippen LogP contribution in [0, 0.1) is 5.82 Å². The quantitative estimate of drug-likeness (QED) is 0.658. The molecule has 0 aliphatic heterocycles. The van der Waals surface area contributed by atoms with E-state index < -0.39 is 0 Å². The lowest BCUT2D eigenvalue weighted by Crippen LogP contribution is -2.30. The van der Waals surface area contributed by atoms with Gasteiger partial charge in [0.25, 0.3) is 0 Å². The fourth-order valence-corrected chi connectivity index (χ4v) is 1.98. The molecule has 0 amide bonds. The number of benzene rings is 1. The van der Waals surface area contributed by atoms with E-state index in [-0.39, 0.29) is 11.9 Å². The van der Waals surface area contributed by atoms with Crippen LogP contribution >= 0.6 is 11.6 Å². The van der Waals surface area contributed by atoms with E-state index in [1.165, 1.54) is 18.2 Å². The highest BCUT2D eigenvalue weighted by Crippen LogP contribution is 2.23. The highest BCUT2D eigenvalue weighted by Gasteiger charge is 2.15. The van der Waals surface area contributed by atoms with Crippen molar-refractivity contribution >= 4 is 11.6 Å². The summed E-state index contributed by atoms with van der Waals surface area (Å²) < 4.78 is 15.0. The number of rotatable bonds is 4. The minimum absolute atomic E-state index is 0.203. The van der Waals surface area contributed by atoms with E-state index >= 15 is 0 Å². The predicted molar refractivity (Wildman–Crippen MR) is 68.4 cm³/mol. The van der Waals surface area contributed by atoms with Crippen molar-refractivity contribution in [3.05, 3.63) is 52.8 Å². The summed E-state index contributed by atoms with van der Waals surface area (Å²) >= 11 is 6.03. The second kappa shape index (κ2) is 5.48. The standard InChI is InChI=1S/C12H14ClFN4/c1-18-6-12(16-7-18)11(17-15)5-8-4-9(14)2-3-10(8)13/h2-4,6-7,11,17H,5,15H2,1H3. The first-order valence-corrected chi connectivity index (χ1v) is 5.86. The van der Waals surface area contributed by atoms with E-state index in [1.54, 1.807) is 6.33 Å². The lowest BCUT2D eigenvalue weighted by atomic mass is 10.0. The zero-order valence-electron chi connectivity index (χ0n) is 9.90. The molecule has 18 heavy (non-hydrogen) atoms. The number of hydrazine groups is 1. The minimum atomic E-state index is -0.314. The van der Waals surface area contributed by atoms with Crippen molar-refractivity contribution in [2.75, 3.05) is 0 Å². The first-order chi connectivity index (χ1) is 8.60. The molecule has 0 bridgehead atoms. The summed E-state index contributed by atoms with van der Waals surface area (Å²) in [5.74, 6) is 5.20. The van der Waals surface area contributed by atoms with Crippen LogP contribution in [-0.2, 0) is 13.5 Å². The van der Waals surface area contributed by atoms with E-state index in [1.807, 2.05) is 17.8 Å². The Bertz CT molecular complexity index is 541. The lowest BCUT2D eigenvalue weighted by molar-refractivity contribution is 0.537. The van der Waals surface area contributed by atoms with Crippen molar-refractivity contribution in [3.8, 4) is 0 Å². The summed E-state index contributed by atoms with van der Waals surface area (Å²) in [6.45, 7) is 0. The molecule has 1 aromatic heterocycles. The van der Waals surface area contributed by atoms with Crippen LogP contribution in [0.3, 0.4) is 0 Å². The Kier molecular flexibility index (Phi) is 3.96. The number of imidazole rings is 1. The van der Waals surface area contributed by atoms with Gasteiger partial charge in [0, 0.05) is 18.3 Å². The molecule has 1 heterocycles. The molecular formula is C12H14ClFN4. The Hall–Kier alpha value is -1.43. The Morgan fingerprint density at radius 1 is 1.56 bits per heavy atom. The van der Waals surface area contributed by atoms with Gasteiger partial charge in [-0.15, -0.1) is 0 Å². The van der Waals surface area contributed by atoms with E-state index in [9.17, 15) is 4.39 Å². The first kappa shape index (κ1) is 13.0. The Morgan fingerprint density at radius 3 is 2.94 bits per heavy atom. The molecular weight excluding hydrogens is 255 g/mol. The van der Waals surface area contributed by atoms with Gasteiger partial charge in [0.05, 0.1) is 18.1 Å². The monoisotopic (exact) mass is 268 g/mol. The third kappa shape index (κ3) is 2.87. The van der Waals surface area contributed by atoms with Gasteiger partial charge in [0.15, 0.2) is 0 Å². The van der Waals surface area contributed by atoms with Gasteiger partial charge in [-0.3, -0.25) is 11.3 Å². The maximum atomic E-state index is 13.2. The van der Waals surface area contributed by atoms with Crippen LogP contribution in [-0.4, -0.2) is 9.55 Å². The van der Waals surface area contributed by atoms with Gasteiger partial charge in [0.1, 0.15) is 5.82 Å². The molecule has 0 saturated heterocycles. The molecule has 6 heteroatoms. The summed E-state index contributed by atoms with van der Waals surface area (Å²) in [5.41, 5.74) is 4.16. The maximum Gasteiger partial charge on any atom is 0.123 e. The fraction of sp³-hybridized carbons (Fsp3) is 0.250. The highest BCUT2D eigenvalue weighted by atomic mass is 35.5. The molecule has 1 atom stereocenters. The van der Waals surface area contributed by atoms with Gasteiger partial charge in [-0.25, -0.2) is 9.37 Å². The van der Waals surface area contributed by atoms with Crippen LogP contribution in [0.4, 0.5) is 4.39 Å². The Labute approximate surface area is 110 Å². The second-order valence-electron chi connectivity index (χ2n) is 4.12. The number of hydrogen-bond acceptors (Lipinski definition) is 3. The van der Waals surface area contributed by atoms with Gasteiger partial charge in [-0.05, 0) is 30.2 Å². The summed E-state index contributed by atoms with van der Waals surface area (Å²) in [5, 5.41) is 0.521. The van der Waals surface area contributed by atoms with Crippen molar-refractivity contribution in [2.45, 2.75) is 12.5 Å². The number of aromatic nitrogens is 2. The molecule has 0 spiro atoms. The molecule has 2 aromatic rings. The summed E-state index contributed by atoms with van der Waals surface area (Å²) in [4.78, 5) is 4.22. The number of nitrogens with two attached hydrogens (primary N) is 1. The number of halogens is 2. The molecule has 0 saturated carbocycles. The largest absolute Gasteiger partial charge is 0.340 e. The number of nitrogens with one attached hydrogen (secondary N) is 1. The maximum absolute atomic E-state index is 13.2. The zero-order valence-corrected chi connectivity index (χ0v) is 10.7. The number of aryl methyl sites for hydroxylation is 1. The van der Waals surface area contributed by atoms with Crippen LogP contribution in [0.2, 0.25) is 5.02 Å². The third-order valence-corrected chi connectivity index (χ3v) is 3.08. The fourth-order valence-electron chi connectivity index (χ4n) is 1.78. The average Bonchev–Trinajstić information content (AvgIpc) is 2.77. The molecule has 0 radical (unpaired) electrons. The molecule has 3 N–H and O–H groups in total. The van der Waals surface area contributed by atoms with Gasteiger partial charge < -0.3 is 4.57 Å². The topological polar surface area (TPSA) is 55.9 Å². The number of hydrogen-bond donors (Lipinski definition) is 2. The molecule has 1 aromatic carbocycles. The Balaban J connectivity index is 2.22. The minimum Gasteiger partial charge on any atom is -0.340 e. The van der Waals surface area contributed by atoms with Crippen LogP contribution < -0.4 is 11.3 Å². The molecule has 0 aliphatic rings.